The minimum Gasteiger partial charge on any atom is -0.487 e. The first-order valence-electron chi connectivity index (χ1n) is 9.83. The van der Waals surface area contributed by atoms with Gasteiger partial charge in [-0.2, -0.15) is 4.37 Å². The summed E-state index contributed by atoms with van der Waals surface area (Å²) >= 11 is 19.9. The summed E-state index contributed by atoms with van der Waals surface area (Å²) in [5, 5.41) is 4.77. The Balaban J connectivity index is 1.72. The summed E-state index contributed by atoms with van der Waals surface area (Å²) < 4.78 is 20.1. The molecule has 180 valence electrons. The number of benzene rings is 2. The number of oxime groups is 1. The van der Waals surface area contributed by atoms with Gasteiger partial charge in [-0.25, -0.2) is 9.59 Å². The number of halogens is 3. The molecule has 0 aliphatic carbocycles. The van der Waals surface area contributed by atoms with Crippen LogP contribution >= 0.6 is 46.3 Å². The maximum Gasteiger partial charge on any atom is 0.360 e. The van der Waals surface area contributed by atoms with Crippen molar-refractivity contribution in [1.29, 1.82) is 0 Å². The summed E-state index contributed by atoms with van der Waals surface area (Å²) in [5.41, 5.74) is 1.04. The van der Waals surface area contributed by atoms with Crippen molar-refractivity contribution < 1.29 is 23.5 Å². The van der Waals surface area contributed by atoms with Crippen molar-refractivity contribution in [1.82, 2.24) is 4.37 Å². The number of hydrogen-bond donors (Lipinski definition) is 0. The lowest BCUT2D eigenvalue weighted by Crippen LogP contribution is -2.19. The van der Waals surface area contributed by atoms with E-state index in [9.17, 15) is 9.59 Å². The Kier molecular flexibility index (Phi) is 7.61. The lowest BCUT2D eigenvalue weighted by molar-refractivity contribution is -0.132. The van der Waals surface area contributed by atoms with Gasteiger partial charge in [0.2, 0.25) is 0 Å². The molecule has 0 bridgehead atoms. The van der Waals surface area contributed by atoms with Gasteiger partial charge in [0.25, 0.3) is 0 Å². The molecule has 0 radical (unpaired) electrons. The number of fused-ring (bicyclic) bond motifs is 1. The van der Waals surface area contributed by atoms with Crippen molar-refractivity contribution in [3.05, 3.63) is 79.2 Å². The molecule has 0 unspecified atom stereocenters. The van der Waals surface area contributed by atoms with Crippen molar-refractivity contribution >= 4 is 69.0 Å². The number of hydrogen-bond acceptors (Lipinski definition) is 9. The van der Waals surface area contributed by atoms with Gasteiger partial charge in [0.05, 0.1) is 17.0 Å². The topological polar surface area (TPSA) is 100 Å². The molecule has 0 aliphatic heterocycles. The number of rotatable bonds is 7. The molecule has 2 aromatic carbocycles. The summed E-state index contributed by atoms with van der Waals surface area (Å²) in [6.45, 7) is 0.0152. The van der Waals surface area contributed by atoms with Gasteiger partial charge in [-0.3, -0.25) is 0 Å². The zero-order valence-electron chi connectivity index (χ0n) is 18.1. The molecule has 35 heavy (non-hydrogen) atoms. The third-order valence-electron chi connectivity index (χ3n) is 4.88. The maximum absolute atomic E-state index is 12.3. The van der Waals surface area contributed by atoms with Crippen LogP contribution in [0.1, 0.15) is 11.1 Å². The van der Waals surface area contributed by atoms with Crippen molar-refractivity contribution in [3.8, 4) is 16.2 Å². The summed E-state index contributed by atoms with van der Waals surface area (Å²) in [7, 11) is 2.57. The Morgan fingerprint density at radius 1 is 1.11 bits per heavy atom. The Labute approximate surface area is 217 Å². The Morgan fingerprint density at radius 2 is 1.89 bits per heavy atom. The molecule has 2 heterocycles. The summed E-state index contributed by atoms with van der Waals surface area (Å²) in [4.78, 5) is 29.8. The van der Waals surface area contributed by atoms with Gasteiger partial charge in [-0.1, -0.05) is 64.2 Å². The molecule has 0 N–H and O–H groups in total. The van der Waals surface area contributed by atoms with E-state index in [4.69, 9.17) is 53.5 Å². The van der Waals surface area contributed by atoms with Gasteiger partial charge < -0.3 is 18.7 Å². The molecule has 0 amide bonds. The van der Waals surface area contributed by atoms with Gasteiger partial charge in [0.1, 0.15) is 24.5 Å². The second kappa shape index (κ2) is 10.7. The number of methoxy groups -OCH3 is 1. The van der Waals surface area contributed by atoms with Crippen LogP contribution in [0.15, 0.2) is 56.8 Å². The third-order valence-corrected chi connectivity index (χ3v) is 7.06. The van der Waals surface area contributed by atoms with E-state index in [1.807, 2.05) is 0 Å². The fourth-order valence-corrected chi connectivity index (χ4v) is 4.84. The molecule has 4 rings (SSSR count). The quantitative estimate of drug-likeness (QED) is 0.120. The lowest BCUT2D eigenvalue weighted by Gasteiger charge is -2.13. The van der Waals surface area contributed by atoms with Gasteiger partial charge in [0.15, 0.2) is 16.4 Å². The van der Waals surface area contributed by atoms with Crippen LogP contribution in [0, 0.1) is 0 Å². The average Bonchev–Trinajstić information content (AvgIpc) is 3.19. The number of nitrogens with zero attached hydrogens (tertiary/aromatic N) is 2. The van der Waals surface area contributed by atoms with E-state index in [0.29, 0.717) is 27.0 Å². The maximum atomic E-state index is 12.3. The Bertz CT molecular complexity index is 1520. The van der Waals surface area contributed by atoms with E-state index in [2.05, 4.69) is 9.53 Å². The predicted molar refractivity (Wildman–Crippen MR) is 135 cm³/mol. The van der Waals surface area contributed by atoms with E-state index in [1.54, 1.807) is 36.4 Å². The number of aromatic nitrogens is 1. The minimum atomic E-state index is -0.667. The van der Waals surface area contributed by atoms with Crippen LogP contribution in [0.5, 0.6) is 5.75 Å². The molecule has 0 saturated carbocycles. The van der Waals surface area contributed by atoms with Crippen LogP contribution in [0.25, 0.3) is 21.4 Å². The van der Waals surface area contributed by atoms with Gasteiger partial charge in [0, 0.05) is 22.6 Å². The summed E-state index contributed by atoms with van der Waals surface area (Å²) in [6.07, 6.45) is 0. The van der Waals surface area contributed by atoms with Crippen molar-refractivity contribution in [2.45, 2.75) is 6.61 Å². The zero-order chi connectivity index (χ0) is 25.1. The van der Waals surface area contributed by atoms with E-state index < -0.39 is 11.6 Å². The summed E-state index contributed by atoms with van der Waals surface area (Å²) in [5.74, 6) is -0.412. The standard InChI is InChI=1S/C23H15Cl3N2O6S/c1-31-23(30)19(27-32-2)12-6-4-3-5-11(12)10-33-15-8-7-13-14(21-18(25)22(26)28-35-21)9-16(29)34-20(13)17(15)24/h3-9H,10H2,1-2H3/b27-19+. The van der Waals surface area contributed by atoms with Crippen LogP contribution in [0.2, 0.25) is 15.2 Å². The predicted octanol–water partition coefficient (Wildman–Crippen LogP) is 5.98. The second-order valence-electron chi connectivity index (χ2n) is 6.91. The highest BCUT2D eigenvalue weighted by atomic mass is 35.5. The largest absolute Gasteiger partial charge is 0.487 e. The van der Waals surface area contributed by atoms with Crippen molar-refractivity contribution in [2.75, 3.05) is 14.2 Å². The Morgan fingerprint density at radius 3 is 2.57 bits per heavy atom. The summed E-state index contributed by atoms with van der Waals surface area (Å²) in [6, 6.07) is 11.6. The van der Waals surface area contributed by atoms with Crippen LogP contribution in [0.3, 0.4) is 0 Å². The highest BCUT2D eigenvalue weighted by molar-refractivity contribution is 7.11. The highest BCUT2D eigenvalue weighted by Gasteiger charge is 2.21. The molecule has 0 saturated heterocycles. The van der Waals surface area contributed by atoms with E-state index in [0.717, 1.165) is 11.5 Å². The normalized spacial score (nSPS) is 11.5. The molecule has 0 atom stereocenters. The van der Waals surface area contributed by atoms with Crippen LogP contribution in [-0.2, 0) is 21.0 Å². The molecular formula is C23H15Cl3N2O6S. The monoisotopic (exact) mass is 552 g/mol. The first-order valence-corrected chi connectivity index (χ1v) is 11.7. The van der Waals surface area contributed by atoms with Crippen LogP contribution in [0.4, 0.5) is 0 Å². The minimum absolute atomic E-state index is 0.0152. The fourth-order valence-electron chi connectivity index (χ4n) is 3.32. The number of carbonyl (C=O) groups is 1. The fraction of sp³-hybridized carbons (Fsp3) is 0.130. The average molecular weight is 554 g/mol. The smallest absolute Gasteiger partial charge is 0.360 e. The number of carbonyl (C=O) groups excluding carboxylic acids is 1. The third kappa shape index (κ3) is 4.99. The van der Waals surface area contributed by atoms with E-state index in [-0.39, 0.29) is 38.8 Å². The van der Waals surface area contributed by atoms with E-state index in [1.165, 1.54) is 20.3 Å². The van der Waals surface area contributed by atoms with Gasteiger partial charge in [-0.05, 0) is 29.2 Å². The second-order valence-corrected chi connectivity index (χ2v) is 8.80. The van der Waals surface area contributed by atoms with Crippen molar-refractivity contribution in [3.63, 3.8) is 0 Å². The molecule has 0 fully saturated rings. The number of esters is 1. The lowest BCUT2D eigenvalue weighted by atomic mass is 10.0. The van der Waals surface area contributed by atoms with E-state index >= 15 is 0 Å². The molecule has 0 spiro atoms. The molecule has 8 nitrogen and oxygen atoms in total. The molecular weight excluding hydrogens is 539 g/mol. The number of ether oxygens (including phenoxy) is 2. The molecule has 12 heteroatoms. The first-order chi connectivity index (χ1) is 16.8. The first kappa shape index (κ1) is 25.0. The molecule has 4 aromatic rings. The van der Waals surface area contributed by atoms with Gasteiger partial charge in [-0.15, -0.1) is 0 Å². The Hall–Kier alpha value is -3.11. The molecule has 2 aromatic heterocycles. The van der Waals surface area contributed by atoms with Crippen LogP contribution < -0.4 is 10.4 Å². The SMILES string of the molecule is CO/N=C(/C(=O)OC)c1ccccc1COc1ccc2c(-c3snc(Cl)c3Cl)cc(=O)oc2c1Cl. The van der Waals surface area contributed by atoms with Crippen molar-refractivity contribution in [2.24, 2.45) is 5.16 Å². The van der Waals surface area contributed by atoms with Crippen LogP contribution in [-0.4, -0.2) is 30.3 Å². The molecule has 0 aliphatic rings. The zero-order valence-corrected chi connectivity index (χ0v) is 21.2. The highest BCUT2D eigenvalue weighted by Crippen LogP contribution is 2.42. The van der Waals surface area contributed by atoms with Gasteiger partial charge >= 0.3 is 11.6 Å².